The average molecular weight is 222 g/mol. The second-order valence-electron chi connectivity index (χ2n) is 2.95. The van der Waals surface area contributed by atoms with Gasteiger partial charge in [0.15, 0.2) is 5.17 Å². The van der Waals surface area contributed by atoms with Gasteiger partial charge in [0.25, 0.3) is 0 Å². The van der Waals surface area contributed by atoms with E-state index in [1.54, 1.807) is 11.8 Å². The number of hydrogen-bond acceptors (Lipinski definition) is 5. The van der Waals surface area contributed by atoms with Gasteiger partial charge in [-0.2, -0.15) is 0 Å². The van der Waals surface area contributed by atoms with Gasteiger partial charge in [-0.3, -0.25) is 4.99 Å². The third kappa shape index (κ3) is 5.15. The minimum absolute atomic E-state index is 0.173. The SMILES string of the molecule is CS(=O)(=O)CCNC1=NCCCS1. The fourth-order valence-corrected chi connectivity index (χ4v) is 2.24. The van der Waals surface area contributed by atoms with Crippen LogP contribution in [-0.2, 0) is 9.84 Å². The molecule has 4 nitrogen and oxygen atoms in total. The quantitative estimate of drug-likeness (QED) is 0.736. The molecule has 0 amide bonds. The zero-order valence-corrected chi connectivity index (χ0v) is 9.25. The van der Waals surface area contributed by atoms with Crippen LogP contribution >= 0.6 is 11.8 Å². The van der Waals surface area contributed by atoms with Crippen LogP contribution in [0.3, 0.4) is 0 Å². The number of sulfone groups is 1. The van der Waals surface area contributed by atoms with E-state index in [1.807, 2.05) is 0 Å². The van der Waals surface area contributed by atoms with Crippen molar-refractivity contribution >= 4 is 26.8 Å². The molecule has 0 aromatic rings. The van der Waals surface area contributed by atoms with Crippen LogP contribution in [0, 0.1) is 0 Å². The van der Waals surface area contributed by atoms with Crippen LogP contribution < -0.4 is 5.32 Å². The topological polar surface area (TPSA) is 58.5 Å². The van der Waals surface area contributed by atoms with Crippen LogP contribution in [0.2, 0.25) is 0 Å². The third-order valence-corrected chi connectivity index (χ3v) is 3.53. The third-order valence-electron chi connectivity index (χ3n) is 1.55. The Labute approximate surface area is 83.1 Å². The molecule has 1 aliphatic heterocycles. The lowest BCUT2D eigenvalue weighted by molar-refractivity contribution is 0.600. The molecule has 0 spiro atoms. The summed E-state index contributed by atoms with van der Waals surface area (Å²) in [5.74, 6) is 1.25. The van der Waals surface area contributed by atoms with E-state index in [0.29, 0.717) is 6.54 Å². The van der Waals surface area contributed by atoms with E-state index in [4.69, 9.17) is 0 Å². The molecule has 1 heterocycles. The summed E-state index contributed by atoms with van der Waals surface area (Å²) in [5, 5.41) is 3.90. The number of thioether (sulfide) groups is 1. The van der Waals surface area contributed by atoms with Crippen LogP contribution in [0.5, 0.6) is 0 Å². The van der Waals surface area contributed by atoms with E-state index in [2.05, 4.69) is 10.3 Å². The van der Waals surface area contributed by atoms with Crippen molar-refractivity contribution in [1.29, 1.82) is 0 Å². The van der Waals surface area contributed by atoms with E-state index in [1.165, 1.54) is 6.26 Å². The Morgan fingerprint density at radius 2 is 2.38 bits per heavy atom. The molecule has 0 aliphatic carbocycles. The molecule has 0 atom stereocenters. The maximum Gasteiger partial charge on any atom is 0.156 e. The van der Waals surface area contributed by atoms with E-state index < -0.39 is 9.84 Å². The number of hydrogen-bond donors (Lipinski definition) is 1. The van der Waals surface area contributed by atoms with Crippen LogP contribution in [0.15, 0.2) is 4.99 Å². The Morgan fingerprint density at radius 3 is 2.92 bits per heavy atom. The van der Waals surface area contributed by atoms with Crippen LogP contribution in [0.4, 0.5) is 0 Å². The fourth-order valence-electron chi connectivity index (χ4n) is 0.910. The Hall–Kier alpha value is -0.230. The van der Waals surface area contributed by atoms with Crippen molar-refractivity contribution in [2.75, 3.05) is 30.9 Å². The molecule has 1 N–H and O–H groups in total. The lowest BCUT2D eigenvalue weighted by Crippen LogP contribution is -2.28. The molecule has 0 unspecified atom stereocenters. The summed E-state index contributed by atoms with van der Waals surface area (Å²) in [7, 11) is -2.85. The first-order valence-electron chi connectivity index (χ1n) is 4.17. The normalized spacial score (nSPS) is 18.1. The molecule has 0 radical (unpaired) electrons. The Balaban J connectivity index is 2.22. The average Bonchev–Trinajstić information content (AvgIpc) is 2.04. The Bertz CT molecular complexity index is 285. The van der Waals surface area contributed by atoms with Gasteiger partial charge in [-0.1, -0.05) is 11.8 Å². The first kappa shape index (κ1) is 10.8. The molecule has 0 saturated carbocycles. The standard InChI is InChI=1S/C7H14N2O2S2/c1-13(10,11)6-4-9-7-8-3-2-5-12-7/h2-6H2,1H3,(H,8,9). The largest absolute Gasteiger partial charge is 0.364 e. The van der Waals surface area contributed by atoms with Gasteiger partial charge in [0, 0.05) is 25.1 Å². The summed E-state index contributed by atoms with van der Waals surface area (Å²) in [6.45, 7) is 1.32. The highest BCUT2D eigenvalue weighted by Gasteiger charge is 2.06. The second kappa shape index (κ2) is 4.85. The van der Waals surface area contributed by atoms with Crippen molar-refractivity contribution in [3.63, 3.8) is 0 Å². The monoisotopic (exact) mass is 222 g/mol. The van der Waals surface area contributed by atoms with Gasteiger partial charge in [0.05, 0.1) is 5.75 Å². The smallest absolute Gasteiger partial charge is 0.156 e. The predicted octanol–water partition coefficient (Wildman–Crippen LogP) is 0.113. The van der Waals surface area contributed by atoms with Crippen LogP contribution in [0.1, 0.15) is 6.42 Å². The highest BCUT2D eigenvalue weighted by molar-refractivity contribution is 8.13. The van der Waals surface area contributed by atoms with Gasteiger partial charge >= 0.3 is 0 Å². The number of amidine groups is 1. The summed E-state index contributed by atoms with van der Waals surface area (Å²) in [4.78, 5) is 4.22. The van der Waals surface area contributed by atoms with E-state index in [9.17, 15) is 8.42 Å². The highest BCUT2D eigenvalue weighted by atomic mass is 32.2. The number of nitrogens with zero attached hydrogens (tertiary/aromatic N) is 1. The minimum atomic E-state index is -2.85. The first-order valence-corrected chi connectivity index (χ1v) is 7.21. The van der Waals surface area contributed by atoms with Gasteiger partial charge in [-0.05, 0) is 6.42 Å². The van der Waals surface area contributed by atoms with Crippen molar-refractivity contribution in [3.05, 3.63) is 0 Å². The summed E-state index contributed by atoms with van der Waals surface area (Å²) in [5.41, 5.74) is 0. The second-order valence-corrected chi connectivity index (χ2v) is 6.29. The van der Waals surface area contributed by atoms with Crippen LogP contribution in [0.25, 0.3) is 0 Å². The first-order chi connectivity index (χ1) is 6.08. The lowest BCUT2D eigenvalue weighted by atomic mass is 10.5. The van der Waals surface area contributed by atoms with Gasteiger partial charge in [0.2, 0.25) is 0 Å². The zero-order valence-electron chi connectivity index (χ0n) is 7.62. The summed E-state index contributed by atoms with van der Waals surface area (Å²) in [6.07, 6.45) is 2.35. The molecule has 1 rings (SSSR count). The zero-order chi connectivity index (χ0) is 9.73. The summed E-state index contributed by atoms with van der Waals surface area (Å²) < 4.78 is 21.6. The van der Waals surface area contributed by atoms with Crippen molar-refractivity contribution in [1.82, 2.24) is 5.32 Å². The highest BCUT2D eigenvalue weighted by Crippen LogP contribution is 2.09. The lowest BCUT2D eigenvalue weighted by Gasteiger charge is -2.12. The van der Waals surface area contributed by atoms with Crippen molar-refractivity contribution < 1.29 is 8.42 Å². The molecule has 13 heavy (non-hydrogen) atoms. The van der Waals surface area contributed by atoms with Crippen molar-refractivity contribution in [2.45, 2.75) is 6.42 Å². The molecule has 0 saturated heterocycles. The Kier molecular flexibility index (Phi) is 4.05. The van der Waals surface area contributed by atoms with Crippen molar-refractivity contribution in [3.8, 4) is 0 Å². The minimum Gasteiger partial charge on any atom is -0.364 e. The number of aliphatic imine (C=N–C) groups is 1. The fraction of sp³-hybridized carbons (Fsp3) is 0.857. The van der Waals surface area contributed by atoms with E-state index in [-0.39, 0.29) is 5.75 Å². The number of rotatable bonds is 3. The van der Waals surface area contributed by atoms with Gasteiger partial charge < -0.3 is 5.32 Å². The van der Waals surface area contributed by atoms with E-state index in [0.717, 1.165) is 23.9 Å². The van der Waals surface area contributed by atoms with Crippen molar-refractivity contribution in [2.24, 2.45) is 4.99 Å². The maximum absolute atomic E-state index is 10.8. The van der Waals surface area contributed by atoms with E-state index >= 15 is 0 Å². The molecule has 76 valence electrons. The molecule has 1 aliphatic rings. The predicted molar refractivity (Wildman–Crippen MR) is 57.1 cm³/mol. The molecule has 0 aromatic heterocycles. The molecule has 0 fully saturated rings. The van der Waals surface area contributed by atoms with Crippen LogP contribution in [-0.4, -0.2) is 44.4 Å². The van der Waals surface area contributed by atoms with Gasteiger partial charge in [0.1, 0.15) is 9.84 Å². The molecular formula is C7H14N2O2S2. The van der Waals surface area contributed by atoms with Gasteiger partial charge in [-0.25, -0.2) is 8.42 Å². The Morgan fingerprint density at radius 1 is 1.62 bits per heavy atom. The molecular weight excluding hydrogens is 208 g/mol. The number of nitrogens with one attached hydrogen (secondary N) is 1. The molecule has 0 bridgehead atoms. The summed E-state index contributed by atoms with van der Waals surface area (Å²) in [6, 6.07) is 0. The molecule has 6 heteroatoms. The van der Waals surface area contributed by atoms with Gasteiger partial charge in [-0.15, -0.1) is 0 Å². The molecule has 0 aromatic carbocycles. The maximum atomic E-state index is 10.8. The summed E-state index contributed by atoms with van der Waals surface area (Å²) >= 11 is 1.66.